The highest BCUT2D eigenvalue weighted by Gasteiger charge is 2.42. The van der Waals surface area contributed by atoms with Crippen molar-refractivity contribution >= 4 is 11.6 Å². The van der Waals surface area contributed by atoms with Gasteiger partial charge in [-0.1, -0.05) is 27.2 Å². The Kier molecular flexibility index (Phi) is 9.21. The fraction of sp³-hybridized carbons (Fsp3) is 0.731. The van der Waals surface area contributed by atoms with Crippen LogP contribution in [0.15, 0.2) is 24.3 Å². The molecule has 3 rings (SSSR count). The number of anilines is 1. The van der Waals surface area contributed by atoms with Crippen LogP contribution in [0.2, 0.25) is 0 Å². The summed E-state index contributed by atoms with van der Waals surface area (Å²) in [6.45, 7) is 11.5. The molecule has 1 heterocycles. The Morgan fingerprint density at radius 3 is 2.61 bits per heavy atom. The monoisotopic (exact) mass is 430 g/mol. The summed E-state index contributed by atoms with van der Waals surface area (Å²) in [5, 5.41) is 3.10. The molecule has 1 amide bonds. The lowest BCUT2D eigenvalue weighted by Crippen LogP contribution is -2.48. The van der Waals surface area contributed by atoms with Crippen LogP contribution in [-0.2, 0) is 9.53 Å². The number of carbonyl (C=O) groups is 1. The Bertz CT molecular complexity index is 678. The quantitative estimate of drug-likeness (QED) is 0.498. The van der Waals surface area contributed by atoms with Crippen LogP contribution < -0.4 is 10.1 Å². The highest BCUT2D eigenvalue weighted by molar-refractivity contribution is 5.97. The van der Waals surface area contributed by atoms with Gasteiger partial charge in [-0.2, -0.15) is 0 Å². The van der Waals surface area contributed by atoms with Gasteiger partial charge in [0.2, 0.25) is 0 Å². The molecule has 2 fully saturated rings. The molecule has 5 nitrogen and oxygen atoms in total. The van der Waals surface area contributed by atoms with E-state index in [4.69, 9.17) is 9.47 Å². The van der Waals surface area contributed by atoms with Gasteiger partial charge in [-0.05, 0) is 87.6 Å². The zero-order valence-electron chi connectivity index (χ0n) is 19.8. The summed E-state index contributed by atoms with van der Waals surface area (Å²) in [5.74, 6) is 2.19. The maximum Gasteiger partial charge on any atom is 0.256 e. The number of benzene rings is 1. The first-order chi connectivity index (χ1) is 15.0. The number of carbonyl (C=O) groups excluding carboxylic acids is 1. The number of hydrogen-bond donors (Lipinski definition) is 1. The Balaban J connectivity index is 1.46. The van der Waals surface area contributed by atoms with Crippen molar-refractivity contribution < 1.29 is 14.3 Å². The van der Waals surface area contributed by atoms with Gasteiger partial charge in [0.05, 0.1) is 6.61 Å². The van der Waals surface area contributed by atoms with Gasteiger partial charge in [-0.3, -0.25) is 4.79 Å². The average molecular weight is 431 g/mol. The molecule has 1 aliphatic heterocycles. The Hall–Kier alpha value is -1.59. The van der Waals surface area contributed by atoms with Crippen LogP contribution in [0.4, 0.5) is 5.69 Å². The smallest absolute Gasteiger partial charge is 0.256 e. The van der Waals surface area contributed by atoms with Gasteiger partial charge in [0.25, 0.3) is 5.91 Å². The third-order valence-electron chi connectivity index (χ3n) is 6.69. The molecule has 5 heteroatoms. The van der Waals surface area contributed by atoms with Crippen LogP contribution >= 0.6 is 0 Å². The van der Waals surface area contributed by atoms with Crippen molar-refractivity contribution in [3.8, 4) is 5.75 Å². The van der Waals surface area contributed by atoms with Crippen molar-refractivity contribution in [3.05, 3.63) is 24.3 Å². The summed E-state index contributed by atoms with van der Waals surface area (Å²) in [5.41, 5.74) is 0.117. The van der Waals surface area contributed by atoms with Crippen LogP contribution in [0, 0.1) is 11.8 Å². The van der Waals surface area contributed by atoms with E-state index in [1.54, 1.807) is 0 Å². The molecule has 31 heavy (non-hydrogen) atoms. The fourth-order valence-corrected chi connectivity index (χ4v) is 5.05. The number of nitrogens with zero attached hydrogens (tertiary/aromatic N) is 1. The maximum atomic E-state index is 13.1. The number of piperidine rings is 1. The summed E-state index contributed by atoms with van der Waals surface area (Å²) >= 11 is 0. The van der Waals surface area contributed by atoms with Crippen molar-refractivity contribution in [2.45, 2.75) is 77.7 Å². The molecule has 1 N–H and O–H groups in total. The molecule has 1 saturated heterocycles. The zero-order valence-corrected chi connectivity index (χ0v) is 19.8. The molecule has 2 aliphatic rings. The minimum Gasteiger partial charge on any atom is -0.494 e. The molecule has 1 aliphatic carbocycles. The second-order valence-corrected chi connectivity index (χ2v) is 9.77. The van der Waals surface area contributed by atoms with Crippen LogP contribution in [0.1, 0.15) is 72.1 Å². The first-order valence-electron chi connectivity index (χ1n) is 12.4. The third kappa shape index (κ3) is 7.21. The normalized spacial score (nSPS) is 27.1. The molecule has 3 atom stereocenters. The fourth-order valence-electron chi connectivity index (χ4n) is 5.05. The molecule has 1 saturated carbocycles. The molecule has 1 aromatic rings. The third-order valence-corrected chi connectivity index (χ3v) is 6.69. The molecule has 0 aromatic heterocycles. The van der Waals surface area contributed by atoms with E-state index in [2.05, 4.69) is 31.0 Å². The molecule has 0 radical (unpaired) electrons. The van der Waals surface area contributed by atoms with E-state index >= 15 is 0 Å². The Morgan fingerprint density at radius 1 is 1.13 bits per heavy atom. The zero-order chi connectivity index (χ0) is 22.1. The van der Waals surface area contributed by atoms with E-state index in [0.29, 0.717) is 12.5 Å². The van der Waals surface area contributed by atoms with Gasteiger partial charge >= 0.3 is 0 Å². The average Bonchev–Trinajstić information content (AvgIpc) is 2.76. The van der Waals surface area contributed by atoms with E-state index in [9.17, 15) is 4.79 Å². The number of likely N-dealkylation sites (tertiary alicyclic amines) is 1. The van der Waals surface area contributed by atoms with Gasteiger partial charge < -0.3 is 19.7 Å². The van der Waals surface area contributed by atoms with E-state index in [-0.39, 0.29) is 5.91 Å². The molecule has 174 valence electrons. The van der Waals surface area contributed by atoms with Crippen molar-refractivity contribution in [1.29, 1.82) is 0 Å². The lowest BCUT2D eigenvalue weighted by molar-refractivity contribution is -0.148. The SMILES string of the molecule is CCCO[C@@]1(C(=O)Nc2ccc(OCCCN3CCC[C@@H](C)C3)cc2)CCC[C@@H](C)C1. The number of nitrogens with one attached hydrogen (secondary N) is 1. The first-order valence-corrected chi connectivity index (χ1v) is 12.4. The summed E-state index contributed by atoms with van der Waals surface area (Å²) in [6.07, 6.45) is 8.47. The second-order valence-electron chi connectivity index (χ2n) is 9.77. The van der Waals surface area contributed by atoms with Gasteiger partial charge in [-0.25, -0.2) is 0 Å². The highest BCUT2D eigenvalue weighted by atomic mass is 16.5. The molecule has 1 aromatic carbocycles. The Morgan fingerprint density at radius 2 is 1.90 bits per heavy atom. The van der Waals surface area contributed by atoms with E-state index in [1.807, 2.05) is 24.3 Å². The van der Waals surface area contributed by atoms with Crippen LogP contribution in [-0.4, -0.2) is 49.3 Å². The molecular weight excluding hydrogens is 388 g/mol. The second kappa shape index (κ2) is 11.9. The number of rotatable bonds is 10. The van der Waals surface area contributed by atoms with Gasteiger partial charge in [0.1, 0.15) is 11.4 Å². The largest absolute Gasteiger partial charge is 0.494 e. The topological polar surface area (TPSA) is 50.8 Å². The van der Waals surface area contributed by atoms with E-state index in [0.717, 1.165) is 62.6 Å². The number of ether oxygens (including phenoxy) is 2. The molecule has 0 bridgehead atoms. The maximum absolute atomic E-state index is 13.1. The Labute approximate surface area is 188 Å². The van der Waals surface area contributed by atoms with Crippen LogP contribution in [0.3, 0.4) is 0 Å². The predicted molar refractivity (Wildman–Crippen MR) is 127 cm³/mol. The minimum atomic E-state index is -0.686. The summed E-state index contributed by atoms with van der Waals surface area (Å²) in [6, 6.07) is 7.75. The lowest BCUT2D eigenvalue weighted by Gasteiger charge is -2.38. The van der Waals surface area contributed by atoms with E-state index < -0.39 is 5.60 Å². The van der Waals surface area contributed by atoms with Crippen molar-refractivity contribution in [3.63, 3.8) is 0 Å². The van der Waals surface area contributed by atoms with Crippen molar-refractivity contribution in [2.75, 3.05) is 38.2 Å². The van der Waals surface area contributed by atoms with E-state index in [1.165, 1.54) is 32.4 Å². The standard InChI is InChI=1S/C26H42N2O3/c1-4-17-31-26(14-5-8-21(2)19-26)25(29)27-23-10-12-24(13-11-23)30-18-7-16-28-15-6-9-22(3)20-28/h10-13,21-22H,4-9,14-20H2,1-3H3,(H,27,29)/t21-,22-,26+/m1/s1. The molecule has 0 unspecified atom stereocenters. The van der Waals surface area contributed by atoms with Gasteiger partial charge in [0, 0.05) is 25.4 Å². The highest BCUT2D eigenvalue weighted by Crippen LogP contribution is 2.36. The summed E-state index contributed by atoms with van der Waals surface area (Å²) < 4.78 is 12.1. The number of amides is 1. The van der Waals surface area contributed by atoms with Gasteiger partial charge in [-0.15, -0.1) is 0 Å². The first kappa shape index (κ1) is 24.1. The van der Waals surface area contributed by atoms with Crippen molar-refractivity contribution in [2.24, 2.45) is 11.8 Å². The van der Waals surface area contributed by atoms with Gasteiger partial charge in [0.15, 0.2) is 0 Å². The minimum absolute atomic E-state index is 0.00284. The predicted octanol–water partition coefficient (Wildman–Crippen LogP) is 5.50. The van der Waals surface area contributed by atoms with Crippen molar-refractivity contribution in [1.82, 2.24) is 4.90 Å². The van der Waals surface area contributed by atoms with Crippen LogP contribution in [0.25, 0.3) is 0 Å². The van der Waals surface area contributed by atoms with Crippen LogP contribution in [0.5, 0.6) is 5.75 Å². The summed E-state index contributed by atoms with van der Waals surface area (Å²) in [4.78, 5) is 15.7. The summed E-state index contributed by atoms with van der Waals surface area (Å²) in [7, 11) is 0. The lowest BCUT2D eigenvalue weighted by atomic mass is 9.78. The molecule has 0 spiro atoms. The number of hydrogen-bond acceptors (Lipinski definition) is 4. The molecular formula is C26H42N2O3.